The molecule has 0 aliphatic carbocycles. The van der Waals surface area contributed by atoms with Crippen LogP contribution in [-0.2, 0) is 14.8 Å². The maximum absolute atomic E-state index is 12.5. The first kappa shape index (κ1) is 25.8. The minimum Gasteiger partial charge on any atom is -0.359 e. The Morgan fingerprint density at radius 3 is 2.39 bits per heavy atom. The van der Waals surface area contributed by atoms with Crippen LogP contribution < -0.4 is 10.6 Å². The van der Waals surface area contributed by atoms with Gasteiger partial charge in [-0.25, -0.2) is 12.7 Å². The topological polar surface area (TPSA) is 94.1 Å². The van der Waals surface area contributed by atoms with E-state index in [0.717, 1.165) is 49.9 Å². The Bertz CT molecular complexity index is 604. The predicted octanol–water partition coefficient (Wildman–Crippen LogP) is 0.797. The van der Waals surface area contributed by atoms with Gasteiger partial charge in [0.25, 0.3) is 0 Å². The van der Waals surface area contributed by atoms with Crippen molar-refractivity contribution in [3.05, 3.63) is 0 Å². The summed E-state index contributed by atoms with van der Waals surface area (Å²) in [5, 5.41) is 5.95. The fourth-order valence-corrected chi connectivity index (χ4v) is 5.81. The molecule has 0 bridgehead atoms. The number of nitrogens with one attached hydrogen (secondary N) is 2. The summed E-state index contributed by atoms with van der Waals surface area (Å²) in [7, 11) is -1.56. The highest BCUT2D eigenvalue weighted by Crippen LogP contribution is 2.20. The van der Waals surface area contributed by atoms with Crippen LogP contribution in [-0.4, -0.2) is 93.1 Å². The molecule has 8 nitrogen and oxygen atoms in total. The lowest BCUT2D eigenvalue weighted by Gasteiger charge is -2.34. The molecule has 2 saturated heterocycles. The fourth-order valence-electron chi connectivity index (χ4n) is 3.36. The average molecular weight is 548 g/mol. The van der Waals surface area contributed by atoms with Gasteiger partial charge in [-0.3, -0.25) is 9.79 Å². The molecule has 2 N–H and O–H groups in total. The number of hydrogen-bond acceptors (Lipinski definition) is 5. The third kappa shape index (κ3) is 8.23. The average Bonchev–Trinajstić information content (AvgIpc) is 2.68. The van der Waals surface area contributed by atoms with E-state index in [2.05, 4.69) is 20.5 Å². The van der Waals surface area contributed by atoms with Crippen molar-refractivity contribution in [2.24, 2.45) is 10.9 Å². The van der Waals surface area contributed by atoms with Crippen molar-refractivity contribution in [3.8, 4) is 0 Å². The summed E-state index contributed by atoms with van der Waals surface area (Å²) in [6.45, 7) is 5.91. The van der Waals surface area contributed by atoms with Crippen LogP contribution in [0.1, 0.15) is 26.2 Å². The van der Waals surface area contributed by atoms with Gasteiger partial charge in [-0.15, -0.1) is 24.0 Å². The Morgan fingerprint density at radius 2 is 1.82 bits per heavy atom. The summed E-state index contributed by atoms with van der Waals surface area (Å²) in [4.78, 5) is 18.3. The molecule has 0 aromatic heterocycles. The van der Waals surface area contributed by atoms with Gasteiger partial charge in [-0.2, -0.15) is 11.8 Å². The van der Waals surface area contributed by atoms with Crippen molar-refractivity contribution in [1.82, 2.24) is 19.8 Å². The molecule has 0 aromatic carbocycles. The van der Waals surface area contributed by atoms with Crippen molar-refractivity contribution < 1.29 is 13.2 Å². The minimum absolute atomic E-state index is 0. The maximum Gasteiger partial charge on any atom is 0.220 e. The van der Waals surface area contributed by atoms with Crippen LogP contribution in [0.5, 0.6) is 0 Å². The van der Waals surface area contributed by atoms with E-state index in [4.69, 9.17) is 0 Å². The van der Waals surface area contributed by atoms with E-state index in [9.17, 15) is 13.2 Å². The Hall–Kier alpha value is -0.270. The Kier molecular flexibility index (Phi) is 12.1. The van der Waals surface area contributed by atoms with Gasteiger partial charge in [0.05, 0.1) is 12.3 Å². The second-order valence-corrected chi connectivity index (χ2v) is 10.2. The summed E-state index contributed by atoms with van der Waals surface area (Å²) >= 11 is 1.80. The van der Waals surface area contributed by atoms with Crippen LogP contribution in [0.4, 0.5) is 0 Å². The van der Waals surface area contributed by atoms with Crippen LogP contribution in [0, 0.1) is 5.92 Å². The first-order chi connectivity index (χ1) is 13.0. The van der Waals surface area contributed by atoms with Gasteiger partial charge in [-0.05, 0) is 25.7 Å². The Labute approximate surface area is 190 Å². The molecule has 0 aromatic rings. The van der Waals surface area contributed by atoms with Crippen LogP contribution in [0.25, 0.3) is 0 Å². The molecule has 0 saturated carbocycles. The van der Waals surface area contributed by atoms with Crippen LogP contribution >= 0.6 is 35.7 Å². The number of amides is 1. The third-order valence-electron chi connectivity index (χ3n) is 4.98. The number of aliphatic imine (C=N–C) groups is 1. The van der Waals surface area contributed by atoms with E-state index in [1.165, 1.54) is 0 Å². The van der Waals surface area contributed by atoms with E-state index in [1.54, 1.807) is 23.1 Å². The zero-order chi connectivity index (χ0) is 19.7. The van der Waals surface area contributed by atoms with E-state index < -0.39 is 10.0 Å². The number of likely N-dealkylation sites (tertiary alicyclic amines) is 1. The molecule has 2 aliphatic rings. The van der Waals surface area contributed by atoms with Gasteiger partial charge in [-0.1, -0.05) is 0 Å². The summed E-state index contributed by atoms with van der Waals surface area (Å²) in [5.41, 5.74) is 0. The summed E-state index contributed by atoms with van der Waals surface area (Å²) in [6.07, 6.45) is 2.47. The quantitative estimate of drug-likeness (QED) is 0.278. The number of sulfonamides is 1. The molecule has 0 unspecified atom stereocenters. The number of carbonyl (C=O) groups excluding carboxylic acids is 1. The maximum atomic E-state index is 12.5. The molecule has 11 heteroatoms. The molecule has 2 fully saturated rings. The number of halogens is 1. The number of rotatable bonds is 7. The molecule has 0 atom stereocenters. The highest BCUT2D eigenvalue weighted by molar-refractivity contribution is 14.0. The summed E-state index contributed by atoms with van der Waals surface area (Å²) < 4.78 is 26.5. The van der Waals surface area contributed by atoms with Crippen molar-refractivity contribution in [3.63, 3.8) is 0 Å². The molecule has 2 heterocycles. The number of guanidine groups is 1. The van der Waals surface area contributed by atoms with Gasteiger partial charge in [0.15, 0.2) is 5.96 Å². The zero-order valence-electron chi connectivity index (χ0n) is 16.9. The molecule has 0 radical (unpaired) electrons. The van der Waals surface area contributed by atoms with Gasteiger partial charge in [0.2, 0.25) is 15.9 Å². The van der Waals surface area contributed by atoms with Crippen molar-refractivity contribution >= 4 is 57.6 Å². The predicted molar refractivity (Wildman–Crippen MR) is 127 cm³/mol. The number of piperidine rings is 1. The molecule has 0 spiro atoms. The lowest BCUT2D eigenvalue weighted by molar-refractivity contribution is -0.121. The second kappa shape index (κ2) is 13.1. The first-order valence-electron chi connectivity index (χ1n) is 9.75. The number of nitrogens with zero attached hydrogens (tertiary/aromatic N) is 3. The van der Waals surface area contributed by atoms with Crippen molar-refractivity contribution in [2.45, 2.75) is 26.2 Å². The Morgan fingerprint density at radius 1 is 1.18 bits per heavy atom. The highest BCUT2D eigenvalue weighted by Gasteiger charge is 2.25. The standard InChI is InChI=1S/C17H33N5O3S2.HI/c1-3-19-17(21-7-4-15(5-8-21)14-16(23)18-2)20-6-13-27(24,25)22-9-11-26-12-10-22;/h15H,3-14H2,1-2H3,(H,18,23)(H,19,20);1H. The van der Waals surface area contributed by atoms with E-state index in [0.29, 0.717) is 25.4 Å². The first-order valence-corrected chi connectivity index (χ1v) is 12.5. The second-order valence-electron chi connectivity index (χ2n) is 6.87. The summed E-state index contributed by atoms with van der Waals surface area (Å²) in [5.74, 6) is 3.07. The largest absolute Gasteiger partial charge is 0.359 e. The molecular formula is C17H34IN5O3S2. The third-order valence-corrected chi connectivity index (χ3v) is 7.77. The number of hydrogen-bond donors (Lipinski definition) is 2. The smallest absolute Gasteiger partial charge is 0.220 e. The normalized spacial score (nSPS) is 19.8. The van der Waals surface area contributed by atoms with Gasteiger partial charge in [0.1, 0.15) is 0 Å². The fraction of sp³-hybridized carbons (Fsp3) is 0.882. The molecular weight excluding hydrogens is 513 g/mol. The van der Waals surface area contributed by atoms with E-state index in [1.807, 2.05) is 6.92 Å². The molecule has 2 rings (SSSR count). The van der Waals surface area contributed by atoms with Gasteiger partial charge < -0.3 is 15.5 Å². The molecule has 164 valence electrons. The van der Waals surface area contributed by atoms with Crippen molar-refractivity contribution in [2.75, 3.05) is 63.6 Å². The van der Waals surface area contributed by atoms with Crippen LogP contribution in [0.15, 0.2) is 4.99 Å². The lowest BCUT2D eigenvalue weighted by atomic mass is 9.93. The molecule has 28 heavy (non-hydrogen) atoms. The van der Waals surface area contributed by atoms with E-state index >= 15 is 0 Å². The van der Waals surface area contributed by atoms with E-state index in [-0.39, 0.29) is 42.2 Å². The van der Waals surface area contributed by atoms with Crippen molar-refractivity contribution in [1.29, 1.82) is 0 Å². The Balaban J connectivity index is 0.00000392. The zero-order valence-corrected chi connectivity index (χ0v) is 20.8. The molecule has 1 amide bonds. The monoisotopic (exact) mass is 547 g/mol. The van der Waals surface area contributed by atoms with Gasteiger partial charge in [0, 0.05) is 57.7 Å². The SMILES string of the molecule is CCNC(=NCCS(=O)(=O)N1CCSCC1)N1CCC(CC(=O)NC)CC1.I. The summed E-state index contributed by atoms with van der Waals surface area (Å²) in [6, 6.07) is 0. The number of thioether (sulfide) groups is 1. The number of carbonyl (C=O) groups is 1. The molecule has 2 aliphatic heterocycles. The highest BCUT2D eigenvalue weighted by atomic mass is 127. The van der Waals surface area contributed by atoms with Crippen LogP contribution in [0.2, 0.25) is 0 Å². The van der Waals surface area contributed by atoms with Gasteiger partial charge >= 0.3 is 0 Å². The van der Waals surface area contributed by atoms with Crippen LogP contribution in [0.3, 0.4) is 0 Å². The lowest BCUT2D eigenvalue weighted by Crippen LogP contribution is -2.46. The minimum atomic E-state index is -3.23.